The Hall–Kier alpha value is -2.10. The van der Waals surface area contributed by atoms with Crippen molar-refractivity contribution in [2.75, 3.05) is 0 Å². The Kier molecular flexibility index (Phi) is 4.66. The van der Waals surface area contributed by atoms with E-state index in [0.717, 1.165) is 11.0 Å². The first kappa shape index (κ1) is 14.0. The smallest absolute Gasteiger partial charge is 0.321 e. The summed E-state index contributed by atoms with van der Waals surface area (Å²) in [5, 5.41) is 0.887. The fourth-order valence-corrected chi connectivity index (χ4v) is 1.42. The van der Waals surface area contributed by atoms with Crippen LogP contribution in [0.3, 0.4) is 0 Å². The number of fused-ring (bicyclic) bond motifs is 1. The van der Waals surface area contributed by atoms with E-state index < -0.39 is 0 Å². The van der Waals surface area contributed by atoms with Gasteiger partial charge in [-0.3, -0.25) is 9.59 Å². The zero-order valence-electron chi connectivity index (χ0n) is 10.8. The van der Waals surface area contributed by atoms with Gasteiger partial charge in [-0.25, -0.2) is 0 Å². The van der Waals surface area contributed by atoms with E-state index in [9.17, 15) is 9.59 Å². The lowest BCUT2D eigenvalue weighted by molar-refractivity contribution is -0.149. The highest BCUT2D eigenvalue weighted by Crippen LogP contribution is 2.30. The van der Waals surface area contributed by atoms with Crippen molar-refractivity contribution >= 4 is 18.1 Å². The molecule has 0 spiro atoms. The van der Waals surface area contributed by atoms with Crippen LogP contribution in [-0.2, 0) is 9.63 Å². The number of hydrogen-bond acceptors (Lipinski definition) is 3. The number of carbonyl (C=O) groups is 2. The number of nitrogens with zero attached hydrogens (tertiary/aromatic N) is 1. The van der Waals surface area contributed by atoms with Crippen LogP contribution in [0.2, 0.25) is 0 Å². The second kappa shape index (κ2) is 6.00. The van der Waals surface area contributed by atoms with Gasteiger partial charge in [0.2, 0.25) is 0 Å². The SMILES string of the molecule is C=C1c2ccccc2C(=O)N1OC=O.CC(C)C. The van der Waals surface area contributed by atoms with Gasteiger partial charge in [-0.15, -0.1) is 5.06 Å². The van der Waals surface area contributed by atoms with Crippen LogP contribution in [0.15, 0.2) is 30.8 Å². The average Bonchev–Trinajstić information content (AvgIpc) is 2.55. The molecule has 1 aromatic carbocycles. The van der Waals surface area contributed by atoms with E-state index in [-0.39, 0.29) is 12.4 Å². The van der Waals surface area contributed by atoms with Gasteiger partial charge in [0.15, 0.2) is 0 Å². The van der Waals surface area contributed by atoms with Crippen LogP contribution in [-0.4, -0.2) is 17.4 Å². The van der Waals surface area contributed by atoms with E-state index >= 15 is 0 Å². The van der Waals surface area contributed by atoms with Crippen LogP contribution in [0, 0.1) is 5.92 Å². The average molecular weight is 247 g/mol. The van der Waals surface area contributed by atoms with Crippen molar-refractivity contribution in [1.82, 2.24) is 5.06 Å². The van der Waals surface area contributed by atoms with E-state index in [0.29, 0.717) is 16.8 Å². The van der Waals surface area contributed by atoms with Gasteiger partial charge in [0.1, 0.15) is 0 Å². The molecule has 0 aliphatic carbocycles. The van der Waals surface area contributed by atoms with Gasteiger partial charge in [0.25, 0.3) is 5.91 Å². The predicted octanol–water partition coefficient (Wildman–Crippen LogP) is 2.86. The fourth-order valence-electron chi connectivity index (χ4n) is 1.42. The first-order valence-corrected chi connectivity index (χ1v) is 5.72. The monoisotopic (exact) mass is 247 g/mol. The molecule has 0 saturated heterocycles. The van der Waals surface area contributed by atoms with Crippen molar-refractivity contribution in [3.05, 3.63) is 42.0 Å². The third-order valence-electron chi connectivity index (χ3n) is 2.05. The molecular formula is C14H17NO3. The van der Waals surface area contributed by atoms with E-state index in [1.54, 1.807) is 24.3 Å². The zero-order chi connectivity index (χ0) is 13.7. The van der Waals surface area contributed by atoms with Gasteiger partial charge in [-0.2, -0.15) is 0 Å². The van der Waals surface area contributed by atoms with E-state index in [1.165, 1.54) is 0 Å². The summed E-state index contributed by atoms with van der Waals surface area (Å²) in [6.07, 6.45) is 0. The van der Waals surface area contributed by atoms with Crippen molar-refractivity contribution in [3.63, 3.8) is 0 Å². The van der Waals surface area contributed by atoms with Gasteiger partial charge in [-0.05, 0) is 12.0 Å². The highest BCUT2D eigenvalue weighted by Gasteiger charge is 2.32. The van der Waals surface area contributed by atoms with E-state index in [2.05, 4.69) is 32.2 Å². The summed E-state index contributed by atoms with van der Waals surface area (Å²) in [4.78, 5) is 26.2. The number of hydrogen-bond donors (Lipinski definition) is 0. The van der Waals surface area contributed by atoms with Crippen LogP contribution in [0.5, 0.6) is 0 Å². The Morgan fingerprint density at radius 2 is 1.72 bits per heavy atom. The molecule has 96 valence electrons. The first-order chi connectivity index (χ1) is 8.49. The highest BCUT2D eigenvalue weighted by atomic mass is 16.7. The van der Waals surface area contributed by atoms with Crippen LogP contribution in [0.1, 0.15) is 36.7 Å². The van der Waals surface area contributed by atoms with Gasteiger partial charge in [0, 0.05) is 5.56 Å². The molecule has 0 bridgehead atoms. The summed E-state index contributed by atoms with van der Waals surface area (Å²) in [5.74, 6) is 0.470. The Bertz CT molecular complexity index is 428. The van der Waals surface area contributed by atoms with Crippen molar-refractivity contribution in [2.45, 2.75) is 20.8 Å². The minimum Gasteiger partial charge on any atom is -0.336 e. The lowest BCUT2D eigenvalue weighted by Crippen LogP contribution is -2.22. The Morgan fingerprint density at radius 1 is 1.22 bits per heavy atom. The second-order valence-corrected chi connectivity index (χ2v) is 4.53. The number of benzene rings is 1. The van der Waals surface area contributed by atoms with Gasteiger partial charge in [0.05, 0.1) is 11.3 Å². The molecule has 0 N–H and O–H groups in total. The molecule has 0 unspecified atom stereocenters. The Labute approximate surface area is 107 Å². The first-order valence-electron chi connectivity index (χ1n) is 5.72. The quantitative estimate of drug-likeness (QED) is 0.755. The lowest BCUT2D eigenvalue weighted by Gasteiger charge is -2.11. The third kappa shape index (κ3) is 2.97. The van der Waals surface area contributed by atoms with Gasteiger partial charge < -0.3 is 4.84 Å². The molecule has 0 aromatic heterocycles. The summed E-state index contributed by atoms with van der Waals surface area (Å²) in [7, 11) is 0. The lowest BCUT2D eigenvalue weighted by atomic mass is 10.1. The molecule has 0 fully saturated rings. The minimum absolute atomic E-state index is 0.203. The number of hydroxylamine groups is 2. The molecule has 1 aliphatic heterocycles. The van der Waals surface area contributed by atoms with Gasteiger partial charge >= 0.3 is 6.47 Å². The predicted molar refractivity (Wildman–Crippen MR) is 69.3 cm³/mol. The number of rotatable bonds is 2. The van der Waals surface area contributed by atoms with Crippen molar-refractivity contribution in [1.29, 1.82) is 0 Å². The maximum atomic E-state index is 11.6. The standard InChI is InChI=1S/C10H7NO3.C4H10/c1-7-8-4-2-3-5-9(8)10(13)11(7)14-6-12;1-4(2)3/h2-6H,1H2;4H,1-3H3. The maximum absolute atomic E-state index is 11.6. The largest absolute Gasteiger partial charge is 0.336 e. The van der Waals surface area contributed by atoms with Crippen molar-refractivity contribution in [2.24, 2.45) is 5.92 Å². The van der Waals surface area contributed by atoms with Crippen molar-refractivity contribution in [3.8, 4) is 0 Å². The third-order valence-corrected chi connectivity index (χ3v) is 2.05. The summed E-state index contributed by atoms with van der Waals surface area (Å²) in [5.41, 5.74) is 1.58. The van der Waals surface area contributed by atoms with E-state index in [1.807, 2.05) is 0 Å². The molecule has 2 rings (SSSR count). The molecule has 0 saturated carbocycles. The van der Waals surface area contributed by atoms with E-state index in [4.69, 9.17) is 0 Å². The summed E-state index contributed by atoms with van der Waals surface area (Å²) >= 11 is 0. The maximum Gasteiger partial charge on any atom is 0.321 e. The summed E-state index contributed by atoms with van der Waals surface area (Å²) in [6.45, 7) is 10.4. The molecule has 1 amide bonds. The summed E-state index contributed by atoms with van der Waals surface area (Å²) < 4.78 is 0. The summed E-state index contributed by atoms with van der Waals surface area (Å²) in [6, 6.07) is 6.96. The fraction of sp³-hybridized carbons (Fsp3) is 0.286. The topological polar surface area (TPSA) is 46.6 Å². The van der Waals surface area contributed by atoms with Crippen LogP contribution in [0.4, 0.5) is 0 Å². The number of carbonyl (C=O) groups excluding carboxylic acids is 2. The molecule has 18 heavy (non-hydrogen) atoms. The minimum atomic E-state index is -0.363. The normalized spacial score (nSPS) is 13.0. The molecule has 1 heterocycles. The second-order valence-electron chi connectivity index (χ2n) is 4.53. The van der Waals surface area contributed by atoms with Crippen LogP contribution < -0.4 is 0 Å². The van der Waals surface area contributed by atoms with Gasteiger partial charge in [-0.1, -0.05) is 45.5 Å². The molecule has 4 nitrogen and oxygen atoms in total. The molecule has 0 atom stereocenters. The van der Waals surface area contributed by atoms with Crippen LogP contribution >= 0.6 is 0 Å². The molecular weight excluding hydrogens is 230 g/mol. The Morgan fingerprint density at radius 3 is 2.17 bits per heavy atom. The Balaban J connectivity index is 0.000000357. The van der Waals surface area contributed by atoms with Crippen LogP contribution in [0.25, 0.3) is 5.70 Å². The zero-order valence-corrected chi connectivity index (χ0v) is 10.8. The molecule has 0 radical (unpaired) electrons. The molecule has 1 aromatic rings. The van der Waals surface area contributed by atoms with Crippen molar-refractivity contribution < 1.29 is 14.4 Å². The number of amides is 1. The highest BCUT2D eigenvalue weighted by molar-refractivity contribution is 6.08. The molecule has 4 heteroatoms. The molecule has 1 aliphatic rings.